The average Bonchev–Trinajstić information content (AvgIpc) is 2.95. The van der Waals surface area contributed by atoms with Gasteiger partial charge in [0.15, 0.2) is 0 Å². The van der Waals surface area contributed by atoms with Gasteiger partial charge >= 0.3 is 0 Å². The molecule has 0 radical (unpaired) electrons. The van der Waals surface area contributed by atoms with E-state index in [1.807, 2.05) is 6.07 Å². The molecule has 5 nitrogen and oxygen atoms in total. The maximum Gasteiger partial charge on any atom is 0.224 e. The minimum Gasteiger partial charge on any atom is -0.391 e. The fraction of sp³-hybridized carbons (Fsp3) is 0.625. The Morgan fingerprint density at radius 3 is 3.10 bits per heavy atom. The topological polar surface area (TPSA) is 61.3 Å². The SMILES string of the molecule is O[C@H]1CCN(c2ccnc(NCCC3=CCCCC3)n2)C1. The molecular formula is C16H24N4O. The van der Waals surface area contributed by atoms with Crippen LogP contribution < -0.4 is 10.2 Å². The molecule has 2 heterocycles. The first kappa shape index (κ1) is 14.3. The summed E-state index contributed by atoms with van der Waals surface area (Å²) in [5, 5.41) is 12.9. The number of aliphatic hydroxyl groups is 1. The molecule has 0 aromatic carbocycles. The van der Waals surface area contributed by atoms with E-state index in [0.717, 1.165) is 31.7 Å². The number of nitrogens with one attached hydrogen (secondary N) is 1. The van der Waals surface area contributed by atoms with Crippen molar-refractivity contribution in [1.82, 2.24) is 9.97 Å². The number of β-amino-alcohol motifs (C(OH)–C–C–N with tert-alkyl or cyclic N) is 1. The van der Waals surface area contributed by atoms with Gasteiger partial charge in [-0.15, -0.1) is 0 Å². The van der Waals surface area contributed by atoms with Crippen molar-refractivity contribution in [2.45, 2.75) is 44.6 Å². The molecule has 1 aromatic heterocycles. The molecule has 0 saturated carbocycles. The van der Waals surface area contributed by atoms with Gasteiger partial charge < -0.3 is 15.3 Å². The lowest BCUT2D eigenvalue weighted by Gasteiger charge is -2.17. The van der Waals surface area contributed by atoms with Crippen molar-refractivity contribution in [2.75, 3.05) is 29.9 Å². The lowest BCUT2D eigenvalue weighted by Crippen LogP contribution is -2.22. The van der Waals surface area contributed by atoms with Gasteiger partial charge in [0.25, 0.3) is 0 Å². The maximum atomic E-state index is 9.61. The fourth-order valence-corrected chi connectivity index (χ4v) is 3.03. The number of aliphatic hydroxyl groups excluding tert-OH is 1. The Bertz CT molecular complexity index is 503. The molecule has 21 heavy (non-hydrogen) atoms. The third kappa shape index (κ3) is 3.94. The molecule has 1 aliphatic carbocycles. The van der Waals surface area contributed by atoms with Crippen molar-refractivity contribution < 1.29 is 5.11 Å². The van der Waals surface area contributed by atoms with Crippen molar-refractivity contribution in [3.8, 4) is 0 Å². The number of anilines is 2. The Morgan fingerprint density at radius 2 is 2.33 bits per heavy atom. The summed E-state index contributed by atoms with van der Waals surface area (Å²) in [5.74, 6) is 1.59. The van der Waals surface area contributed by atoms with Crippen LogP contribution in [0.2, 0.25) is 0 Å². The van der Waals surface area contributed by atoms with Crippen LogP contribution >= 0.6 is 0 Å². The molecule has 0 amide bonds. The first-order valence-corrected chi connectivity index (χ1v) is 7.99. The Kier molecular flexibility index (Phi) is 4.70. The maximum absolute atomic E-state index is 9.61. The van der Waals surface area contributed by atoms with Crippen LogP contribution in [0.15, 0.2) is 23.9 Å². The van der Waals surface area contributed by atoms with Crippen molar-refractivity contribution in [3.05, 3.63) is 23.9 Å². The molecule has 1 aliphatic heterocycles. The Hall–Kier alpha value is -1.62. The van der Waals surface area contributed by atoms with Crippen LogP contribution in [0.3, 0.4) is 0 Å². The molecule has 0 bridgehead atoms. The molecule has 5 heteroatoms. The van der Waals surface area contributed by atoms with Gasteiger partial charge in [-0.3, -0.25) is 0 Å². The van der Waals surface area contributed by atoms with Crippen LogP contribution in [0.4, 0.5) is 11.8 Å². The van der Waals surface area contributed by atoms with Gasteiger partial charge in [-0.05, 0) is 44.6 Å². The molecule has 0 unspecified atom stereocenters. The zero-order valence-electron chi connectivity index (χ0n) is 12.5. The average molecular weight is 288 g/mol. The van der Waals surface area contributed by atoms with E-state index in [2.05, 4.69) is 26.3 Å². The standard InChI is InChI=1S/C16H24N4O/c21-14-8-11-20(12-14)15-7-10-18-16(19-15)17-9-6-13-4-2-1-3-5-13/h4,7,10,14,21H,1-3,5-6,8-9,11-12H2,(H,17,18,19)/t14-/m0/s1. The van der Waals surface area contributed by atoms with Crippen LogP contribution in [-0.2, 0) is 0 Å². The number of aromatic nitrogens is 2. The molecular weight excluding hydrogens is 264 g/mol. The van der Waals surface area contributed by atoms with Gasteiger partial charge in [-0.2, -0.15) is 4.98 Å². The lowest BCUT2D eigenvalue weighted by atomic mass is 9.97. The predicted octanol–water partition coefficient (Wildman–Crippen LogP) is 2.35. The molecule has 0 spiro atoms. The first-order chi connectivity index (χ1) is 10.3. The van der Waals surface area contributed by atoms with Crippen molar-refractivity contribution in [2.24, 2.45) is 0 Å². The summed E-state index contributed by atoms with van der Waals surface area (Å²) in [5.41, 5.74) is 1.56. The molecule has 2 aliphatic rings. The second-order valence-corrected chi connectivity index (χ2v) is 5.91. The fourth-order valence-electron chi connectivity index (χ4n) is 3.03. The van der Waals surface area contributed by atoms with Gasteiger partial charge in [0.1, 0.15) is 5.82 Å². The number of rotatable bonds is 5. The van der Waals surface area contributed by atoms with Crippen molar-refractivity contribution in [1.29, 1.82) is 0 Å². The largest absolute Gasteiger partial charge is 0.391 e. The highest BCUT2D eigenvalue weighted by molar-refractivity contribution is 5.43. The van der Waals surface area contributed by atoms with Crippen LogP contribution in [0.1, 0.15) is 38.5 Å². The van der Waals surface area contributed by atoms with Crippen LogP contribution in [-0.4, -0.2) is 40.8 Å². The Balaban J connectivity index is 1.52. The number of nitrogens with zero attached hydrogens (tertiary/aromatic N) is 3. The summed E-state index contributed by atoms with van der Waals surface area (Å²) in [6.45, 7) is 2.42. The zero-order valence-corrected chi connectivity index (χ0v) is 12.5. The van der Waals surface area contributed by atoms with E-state index in [4.69, 9.17) is 0 Å². The minimum absolute atomic E-state index is 0.227. The smallest absolute Gasteiger partial charge is 0.224 e. The number of allylic oxidation sites excluding steroid dienone is 1. The van der Waals surface area contributed by atoms with E-state index in [0.29, 0.717) is 12.5 Å². The van der Waals surface area contributed by atoms with Crippen molar-refractivity contribution >= 4 is 11.8 Å². The number of hydrogen-bond donors (Lipinski definition) is 2. The molecule has 3 rings (SSSR count). The Morgan fingerprint density at radius 1 is 1.38 bits per heavy atom. The highest BCUT2D eigenvalue weighted by Gasteiger charge is 2.21. The van der Waals surface area contributed by atoms with E-state index < -0.39 is 0 Å². The molecule has 114 valence electrons. The van der Waals surface area contributed by atoms with Gasteiger partial charge in [-0.1, -0.05) is 11.6 Å². The highest BCUT2D eigenvalue weighted by atomic mass is 16.3. The van der Waals surface area contributed by atoms with Gasteiger partial charge in [0.05, 0.1) is 6.10 Å². The zero-order chi connectivity index (χ0) is 14.5. The molecule has 1 fully saturated rings. The summed E-state index contributed by atoms with van der Waals surface area (Å²) in [7, 11) is 0. The highest BCUT2D eigenvalue weighted by Crippen LogP contribution is 2.21. The van der Waals surface area contributed by atoms with Crippen LogP contribution in [0, 0.1) is 0 Å². The molecule has 1 atom stereocenters. The monoisotopic (exact) mass is 288 g/mol. The summed E-state index contributed by atoms with van der Waals surface area (Å²) in [6, 6.07) is 1.91. The first-order valence-electron chi connectivity index (χ1n) is 7.99. The third-order valence-corrected chi connectivity index (χ3v) is 4.24. The van der Waals surface area contributed by atoms with Gasteiger partial charge in [-0.25, -0.2) is 4.98 Å². The van der Waals surface area contributed by atoms with Gasteiger partial charge in [0, 0.05) is 25.8 Å². The second-order valence-electron chi connectivity index (χ2n) is 5.91. The Labute approximate surface area is 126 Å². The normalized spacial score (nSPS) is 22.2. The van der Waals surface area contributed by atoms with Crippen LogP contribution in [0.25, 0.3) is 0 Å². The van der Waals surface area contributed by atoms with E-state index in [9.17, 15) is 5.11 Å². The quantitative estimate of drug-likeness (QED) is 0.814. The molecule has 2 N–H and O–H groups in total. The van der Waals surface area contributed by atoms with Crippen molar-refractivity contribution in [3.63, 3.8) is 0 Å². The van der Waals surface area contributed by atoms with E-state index in [-0.39, 0.29) is 6.10 Å². The number of hydrogen-bond acceptors (Lipinski definition) is 5. The van der Waals surface area contributed by atoms with E-state index in [1.165, 1.54) is 25.7 Å². The summed E-state index contributed by atoms with van der Waals surface area (Å²) in [6.07, 6.45) is 11.0. The molecule has 1 saturated heterocycles. The van der Waals surface area contributed by atoms with Crippen LogP contribution in [0.5, 0.6) is 0 Å². The second kappa shape index (κ2) is 6.89. The predicted molar refractivity (Wildman–Crippen MR) is 84.5 cm³/mol. The summed E-state index contributed by atoms with van der Waals surface area (Å²) >= 11 is 0. The van der Waals surface area contributed by atoms with Gasteiger partial charge in [0.2, 0.25) is 5.95 Å². The third-order valence-electron chi connectivity index (χ3n) is 4.24. The van der Waals surface area contributed by atoms with E-state index in [1.54, 1.807) is 11.8 Å². The summed E-state index contributed by atoms with van der Waals surface area (Å²) < 4.78 is 0. The summed E-state index contributed by atoms with van der Waals surface area (Å²) in [4.78, 5) is 10.9. The molecule has 1 aromatic rings. The lowest BCUT2D eigenvalue weighted by molar-refractivity contribution is 0.198. The minimum atomic E-state index is -0.227. The van der Waals surface area contributed by atoms with E-state index >= 15 is 0 Å².